The van der Waals surface area contributed by atoms with Gasteiger partial charge >= 0.3 is 0 Å². The Morgan fingerprint density at radius 2 is 2.05 bits per heavy atom. The average Bonchev–Trinajstić information content (AvgIpc) is 2.94. The van der Waals surface area contributed by atoms with Gasteiger partial charge < -0.3 is 15.4 Å². The number of allylic oxidation sites excluding steroid dienone is 1. The predicted octanol–water partition coefficient (Wildman–Crippen LogP) is 0.999. The molecule has 106 valence electrons. The molecule has 0 radical (unpaired) electrons. The number of methoxy groups -OCH3 is 1. The predicted molar refractivity (Wildman–Crippen MR) is 78.1 cm³/mol. The zero-order chi connectivity index (χ0) is 13.9. The number of ether oxygens (including phenoxy) is 1. The summed E-state index contributed by atoms with van der Waals surface area (Å²) < 4.78 is 5.02. The largest absolute Gasteiger partial charge is 0.480 e. The summed E-state index contributed by atoms with van der Waals surface area (Å²) in [4.78, 5) is 6.75. The number of nitrogens with zero attached hydrogens (tertiary/aromatic N) is 4. The third kappa shape index (κ3) is 2.59. The number of nitrogens with two attached hydrogens (primary N) is 1. The molecule has 0 saturated carbocycles. The summed E-state index contributed by atoms with van der Waals surface area (Å²) in [6.07, 6.45) is 4.19. The topological polar surface area (TPSA) is 76.6 Å². The zero-order valence-corrected chi connectivity index (χ0v) is 11.6. The van der Waals surface area contributed by atoms with Crippen LogP contribution in [-0.2, 0) is 0 Å². The van der Waals surface area contributed by atoms with Crippen molar-refractivity contribution in [3.63, 3.8) is 0 Å². The number of hydrogen-bond donors (Lipinski definition) is 1. The van der Waals surface area contributed by atoms with E-state index in [0.29, 0.717) is 18.3 Å². The van der Waals surface area contributed by atoms with Crippen LogP contribution in [0, 0.1) is 5.92 Å². The minimum atomic E-state index is 0.526. The quantitative estimate of drug-likeness (QED) is 0.889. The highest BCUT2D eigenvalue weighted by molar-refractivity contribution is 5.99. The third-order valence-electron chi connectivity index (χ3n) is 3.85. The lowest BCUT2D eigenvalue weighted by Crippen LogP contribution is -2.36. The molecule has 2 N–H and O–H groups in total. The first-order valence-corrected chi connectivity index (χ1v) is 6.89. The van der Waals surface area contributed by atoms with Crippen LogP contribution in [0.3, 0.4) is 0 Å². The summed E-state index contributed by atoms with van der Waals surface area (Å²) in [7, 11) is 1.59. The second kappa shape index (κ2) is 5.48. The van der Waals surface area contributed by atoms with Crippen LogP contribution in [0.2, 0.25) is 0 Å². The zero-order valence-electron chi connectivity index (χ0n) is 11.6. The Hall–Kier alpha value is -2.11. The van der Waals surface area contributed by atoms with E-state index in [9.17, 15) is 0 Å². The molecule has 3 heterocycles. The normalized spacial score (nSPS) is 19.8. The Morgan fingerprint density at radius 1 is 1.25 bits per heavy atom. The van der Waals surface area contributed by atoms with Gasteiger partial charge in [-0.05, 0) is 25.0 Å². The van der Waals surface area contributed by atoms with Crippen LogP contribution >= 0.6 is 0 Å². The van der Waals surface area contributed by atoms with Crippen LogP contribution in [0.1, 0.15) is 12.8 Å². The molecule has 0 aromatic carbocycles. The highest BCUT2D eigenvalue weighted by Gasteiger charge is 2.24. The number of hydrogen-bond acceptors (Lipinski definition) is 6. The molecule has 0 bridgehead atoms. The van der Waals surface area contributed by atoms with E-state index in [4.69, 9.17) is 10.5 Å². The maximum atomic E-state index is 5.78. The lowest BCUT2D eigenvalue weighted by atomic mass is 9.92. The van der Waals surface area contributed by atoms with Crippen LogP contribution in [-0.4, -0.2) is 42.7 Å². The Labute approximate surface area is 118 Å². The summed E-state index contributed by atoms with van der Waals surface area (Å²) in [5, 5.41) is 8.21. The van der Waals surface area contributed by atoms with Gasteiger partial charge in [-0.25, -0.2) is 0 Å². The van der Waals surface area contributed by atoms with Crippen LogP contribution in [0.4, 0.5) is 5.82 Å². The van der Waals surface area contributed by atoms with Crippen molar-refractivity contribution < 1.29 is 4.74 Å². The smallest absolute Gasteiger partial charge is 0.233 e. The van der Waals surface area contributed by atoms with Gasteiger partial charge in [0.25, 0.3) is 0 Å². The van der Waals surface area contributed by atoms with Crippen molar-refractivity contribution in [2.45, 2.75) is 12.8 Å². The molecule has 1 aromatic heterocycles. The van der Waals surface area contributed by atoms with Crippen LogP contribution in [0.15, 0.2) is 28.9 Å². The fourth-order valence-electron chi connectivity index (χ4n) is 2.71. The van der Waals surface area contributed by atoms with Gasteiger partial charge in [0.2, 0.25) is 5.88 Å². The number of rotatable bonds is 3. The molecule has 0 aliphatic carbocycles. The molecule has 0 amide bonds. The van der Waals surface area contributed by atoms with E-state index in [1.165, 1.54) is 5.71 Å². The molecule has 20 heavy (non-hydrogen) atoms. The lowest BCUT2D eigenvalue weighted by Gasteiger charge is -2.32. The van der Waals surface area contributed by atoms with Crippen LogP contribution in [0.5, 0.6) is 5.88 Å². The molecule has 2 aliphatic rings. The first-order valence-electron chi connectivity index (χ1n) is 6.89. The summed E-state index contributed by atoms with van der Waals surface area (Å²) >= 11 is 0. The molecule has 6 heteroatoms. The molecular weight excluding hydrogens is 254 g/mol. The maximum Gasteiger partial charge on any atom is 0.233 e. The molecule has 3 rings (SSSR count). The van der Waals surface area contributed by atoms with Crippen molar-refractivity contribution in [3.05, 3.63) is 23.9 Å². The second-order valence-corrected chi connectivity index (χ2v) is 5.16. The van der Waals surface area contributed by atoms with E-state index in [-0.39, 0.29) is 0 Å². The second-order valence-electron chi connectivity index (χ2n) is 5.16. The first-order chi connectivity index (χ1) is 9.76. The Bertz CT molecular complexity index is 529. The average molecular weight is 273 g/mol. The fourth-order valence-corrected chi connectivity index (χ4v) is 2.71. The Kier molecular flexibility index (Phi) is 3.54. The van der Waals surface area contributed by atoms with Crippen LogP contribution < -0.4 is 15.4 Å². The van der Waals surface area contributed by atoms with E-state index in [1.807, 2.05) is 18.2 Å². The summed E-state index contributed by atoms with van der Waals surface area (Å²) in [5.41, 5.74) is 7.83. The first kappa shape index (κ1) is 12.9. The molecule has 1 fully saturated rings. The minimum Gasteiger partial charge on any atom is -0.480 e. The standard InChI is InChI=1S/C14H19N5O/c1-20-14-3-2-13(17-18-14)19-6-4-10(5-7-19)12-8-11(15)9-16-12/h2-3,8,10H,4-7,9,15H2,1H3. The van der Waals surface area contributed by atoms with Gasteiger partial charge in [0.1, 0.15) is 0 Å². The molecule has 0 atom stereocenters. The van der Waals surface area contributed by atoms with Crippen molar-refractivity contribution in [1.82, 2.24) is 10.2 Å². The fraction of sp³-hybridized carbons (Fsp3) is 0.500. The van der Waals surface area contributed by atoms with E-state index < -0.39 is 0 Å². The summed E-state index contributed by atoms with van der Waals surface area (Å²) in [6, 6.07) is 3.80. The van der Waals surface area contributed by atoms with Crippen molar-refractivity contribution in [1.29, 1.82) is 0 Å². The number of anilines is 1. The van der Waals surface area contributed by atoms with Gasteiger partial charge in [-0.2, -0.15) is 0 Å². The van der Waals surface area contributed by atoms with Crippen molar-refractivity contribution in [2.24, 2.45) is 16.6 Å². The van der Waals surface area contributed by atoms with Gasteiger partial charge in [-0.3, -0.25) is 4.99 Å². The minimum absolute atomic E-state index is 0.526. The third-order valence-corrected chi connectivity index (χ3v) is 3.85. The molecular formula is C14H19N5O. The van der Waals surface area contributed by atoms with Crippen molar-refractivity contribution in [2.75, 3.05) is 31.6 Å². The molecule has 6 nitrogen and oxygen atoms in total. The summed E-state index contributed by atoms with van der Waals surface area (Å²) in [6.45, 7) is 2.61. The molecule has 1 saturated heterocycles. The number of aromatic nitrogens is 2. The van der Waals surface area contributed by atoms with Gasteiger partial charge in [-0.15, -0.1) is 10.2 Å². The van der Waals surface area contributed by atoms with E-state index in [2.05, 4.69) is 20.1 Å². The van der Waals surface area contributed by atoms with Gasteiger partial charge in [0.15, 0.2) is 5.82 Å². The highest BCUT2D eigenvalue weighted by atomic mass is 16.5. The van der Waals surface area contributed by atoms with Crippen LogP contribution in [0.25, 0.3) is 0 Å². The van der Waals surface area contributed by atoms with Gasteiger partial charge in [-0.1, -0.05) is 0 Å². The van der Waals surface area contributed by atoms with E-state index >= 15 is 0 Å². The van der Waals surface area contributed by atoms with E-state index in [1.54, 1.807) is 7.11 Å². The van der Waals surface area contributed by atoms with Crippen molar-refractivity contribution >= 4 is 11.5 Å². The van der Waals surface area contributed by atoms with E-state index in [0.717, 1.165) is 37.4 Å². The number of aliphatic imine (C=N–C) groups is 1. The van der Waals surface area contributed by atoms with Gasteiger partial charge in [0.05, 0.1) is 13.7 Å². The molecule has 1 aromatic rings. The SMILES string of the molecule is COc1ccc(N2CCC(C3=NCC(N)=C3)CC2)nn1. The summed E-state index contributed by atoms with van der Waals surface area (Å²) in [5.74, 6) is 1.98. The number of piperidine rings is 1. The van der Waals surface area contributed by atoms with Gasteiger partial charge in [0, 0.05) is 36.5 Å². The maximum absolute atomic E-state index is 5.78. The Morgan fingerprint density at radius 3 is 2.60 bits per heavy atom. The highest BCUT2D eigenvalue weighted by Crippen LogP contribution is 2.25. The monoisotopic (exact) mass is 273 g/mol. The Balaban J connectivity index is 1.60. The molecule has 2 aliphatic heterocycles. The molecule has 0 spiro atoms. The lowest BCUT2D eigenvalue weighted by molar-refractivity contribution is 0.391. The molecule has 0 unspecified atom stereocenters. The van der Waals surface area contributed by atoms with Crippen molar-refractivity contribution in [3.8, 4) is 5.88 Å².